The van der Waals surface area contributed by atoms with Crippen molar-refractivity contribution in [2.24, 2.45) is 0 Å². The van der Waals surface area contributed by atoms with Crippen molar-refractivity contribution in [1.29, 1.82) is 5.26 Å². The molecule has 25 heavy (non-hydrogen) atoms. The molecule has 6 nitrogen and oxygen atoms in total. The van der Waals surface area contributed by atoms with E-state index in [0.29, 0.717) is 11.3 Å². The van der Waals surface area contributed by atoms with Gasteiger partial charge in [-0.25, -0.2) is 4.98 Å². The first-order valence-electron chi connectivity index (χ1n) is 8.07. The lowest BCUT2D eigenvalue weighted by molar-refractivity contribution is 0.423. The van der Waals surface area contributed by atoms with Crippen molar-refractivity contribution in [3.63, 3.8) is 0 Å². The number of hydrogen-bond donors (Lipinski definition) is 3. The molecule has 0 aliphatic carbocycles. The number of nitriles is 1. The van der Waals surface area contributed by atoms with E-state index in [1.807, 2.05) is 53.7 Å². The number of nitrogens with zero attached hydrogens (tertiary/aromatic N) is 3. The number of nitrogen functional groups attached to an aromatic ring is 2. The third-order valence-electron chi connectivity index (χ3n) is 4.07. The summed E-state index contributed by atoms with van der Waals surface area (Å²) in [6.45, 7) is 12.1. The van der Waals surface area contributed by atoms with Crippen LogP contribution in [0.2, 0.25) is 0 Å². The average molecular weight is 339 g/mol. The zero-order valence-electron chi connectivity index (χ0n) is 15.6. The van der Waals surface area contributed by atoms with E-state index >= 15 is 0 Å². The summed E-state index contributed by atoms with van der Waals surface area (Å²) >= 11 is 0. The molecule has 0 bridgehead atoms. The highest BCUT2D eigenvalue weighted by atomic mass is 16.3. The molecule has 0 amide bonds. The second-order valence-electron chi connectivity index (χ2n) is 8.22. The summed E-state index contributed by atoms with van der Waals surface area (Å²) in [4.78, 5) is 8.10. The minimum Gasteiger partial charge on any atom is -0.507 e. The largest absolute Gasteiger partial charge is 0.507 e. The molecule has 2 aromatic rings. The van der Waals surface area contributed by atoms with Crippen molar-refractivity contribution in [1.82, 2.24) is 9.97 Å². The Hall–Kier alpha value is -2.81. The quantitative estimate of drug-likeness (QED) is 0.731. The molecule has 0 aliphatic rings. The predicted octanol–water partition coefficient (Wildman–Crippen LogP) is 3.48. The van der Waals surface area contributed by atoms with Gasteiger partial charge in [0.15, 0.2) is 0 Å². The fourth-order valence-corrected chi connectivity index (χ4v) is 2.73. The zero-order chi connectivity index (χ0) is 19.2. The maximum Gasteiger partial charge on any atom is 0.222 e. The number of aromatic hydroxyl groups is 1. The average Bonchev–Trinajstić information content (AvgIpc) is 2.44. The summed E-state index contributed by atoms with van der Waals surface area (Å²) in [5.41, 5.74) is 13.8. The van der Waals surface area contributed by atoms with Gasteiger partial charge in [-0.3, -0.25) is 0 Å². The van der Waals surface area contributed by atoms with E-state index in [1.165, 1.54) is 0 Å². The number of hydrogen-bond acceptors (Lipinski definition) is 6. The Morgan fingerprint density at radius 1 is 0.960 bits per heavy atom. The molecule has 1 aromatic heterocycles. The second-order valence-corrected chi connectivity index (χ2v) is 8.22. The molecule has 2 rings (SSSR count). The van der Waals surface area contributed by atoms with Crippen molar-refractivity contribution in [3.8, 4) is 23.1 Å². The molecule has 0 fully saturated rings. The van der Waals surface area contributed by atoms with Gasteiger partial charge in [0.05, 0.1) is 5.69 Å². The highest BCUT2D eigenvalue weighted by Gasteiger charge is 2.28. The van der Waals surface area contributed by atoms with Crippen molar-refractivity contribution < 1.29 is 5.11 Å². The van der Waals surface area contributed by atoms with E-state index in [9.17, 15) is 10.4 Å². The summed E-state index contributed by atoms with van der Waals surface area (Å²) in [5.74, 6) is 0.319. The van der Waals surface area contributed by atoms with Crippen LogP contribution >= 0.6 is 0 Å². The number of anilines is 2. The minimum absolute atomic E-state index is 0.00851. The standard InChI is InChI=1S/C19H25N5O/c1-18(2,3)12-7-10(8-13(15(12)25)19(4,5)6)14-11(9-20)16(21)24-17(22)23-14/h7-8,25H,1-6H3,(H4,21,22,23,24). The lowest BCUT2D eigenvalue weighted by Gasteiger charge is -2.28. The molecule has 0 saturated carbocycles. The molecule has 5 N–H and O–H groups in total. The Morgan fingerprint density at radius 3 is 1.84 bits per heavy atom. The first-order chi connectivity index (χ1) is 11.4. The molecule has 0 unspecified atom stereocenters. The molecule has 6 heteroatoms. The smallest absolute Gasteiger partial charge is 0.222 e. The van der Waals surface area contributed by atoms with E-state index in [-0.39, 0.29) is 33.9 Å². The van der Waals surface area contributed by atoms with Gasteiger partial charge in [-0.15, -0.1) is 0 Å². The van der Waals surface area contributed by atoms with E-state index in [4.69, 9.17) is 11.5 Å². The number of phenolic OH excluding ortho intramolecular Hbond substituents is 1. The Balaban J connectivity index is 2.92. The van der Waals surface area contributed by atoms with Gasteiger partial charge in [0.1, 0.15) is 23.2 Å². The fraction of sp³-hybridized carbons (Fsp3) is 0.421. The second kappa shape index (κ2) is 5.92. The monoisotopic (exact) mass is 339 g/mol. The normalized spacial score (nSPS) is 12.0. The molecular formula is C19H25N5O. The molecule has 0 saturated heterocycles. The van der Waals surface area contributed by atoms with Crippen LogP contribution in [0.25, 0.3) is 11.3 Å². The van der Waals surface area contributed by atoms with Gasteiger partial charge in [0.25, 0.3) is 0 Å². The number of benzene rings is 1. The van der Waals surface area contributed by atoms with Crippen molar-refractivity contribution in [2.75, 3.05) is 11.5 Å². The molecule has 0 radical (unpaired) electrons. The van der Waals surface area contributed by atoms with E-state index in [2.05, 4.69) is 16.0 Å². The van der Waals surface area contributed by atoms with Gasteiger partial charge in [-0.2, -0.15) is 10.2 Å². The SMILES string of the molecule is CC(C)(C)c1cc(-c2nc(N)nc(N)c2C#N)cc(C(C)(C)C)c1O. The molecule has 0 aliphatic heterocycles. The van der Waals surface area contributed by atoms with Crippen LogP contribution < -0.4 is 11.5 Å². The highest BCUT2D eigenvalue weighted by Crippen LogP contribution is 2.42. The summed E-state index contributed by atoms with van der Waals surface area (Å²) in [5, 5.41) is 20.3. The van der Waals surface area contributed by atoms with Gasteiger partial charge in [0.2, 0.25) is 5.95 Å². The van der Waals surface area contributed by atoms with Crippen molar-refractivity contribution >= 4 is 11.8 Å². The summed E-state index contributed by atoms with van der Waals surface area (Å²) in [6, 6.07) is 5.73. The highest BCUT2D eigenvalue weighted by molar-refractivity contribution is 5.75. The molecule has 132 valence electrons. The van der Waals surface area contributed by atoms with Gasteiger partial charge >= 0.3 is 0 Å². The van der Waals surface area contributed by atoms with Crippen molar-refractivity contribution in [2.45, 2.75) is 52.4 Å². The number of aromatic nitrogens is 2. The van der Waals surface area contributed by atoms with E-state index in [0.717, 1.165) is 11.1 Å². The van der Waals surface area contributed by atoms with Gasteiger partial charge in [-0.1, -0.05) is 41.5 Å². The summed E-state index contributed by atoms with van der Waals surface area (Å²) in [6.07, 6.45) is 0. The number of phenols is 1. The molecule has 0 spiro atoms. The van der Waals surface area contributed by atoms with Gasteiger partial charge < -0.3 is 16.6 Å². The van der Waals surface area contributed by atoms with Crippen LogP contribution in [0.5, 0.6) is 5.75 Å². The van der Waals surface area contributed by atoms with Crippen LogP contribution in [0.1, 0.15) is 58.2 Å². The Kier molecular flexibility index (Phi) is 4.39. The zero-order valence-corrected chi connectivity index (χ0v) is 15.6. The first-order valence-corrected chi connectivity index (χ1v) is 8.07. The fourth-order valence-electron chi connectivity index (χ4n) is 2.73. The van der Waals surface area contributed by atoms with Crippen LogP contribution in [0.4, 0.5) is 11.8 Å². The van der Waals surface area contributed by atoms with E-state index in [1.54, 1.807) is 0 Å². The Morgan fingerprint density at radius 2 is 1.44 bits per heavy atom. The molecule has 1 heterocycles. The lowest BCUT2D eigenvalue weighted by Crippen LogP contribution is -2.17. The third kappa shape index (κ3) is 3.50. The van der Waals surface area contributed by atoms with Crippen LogP contribution in [-0.4, -0.2) is 15.1 Å². The molecule has 0 atom stereocenters. The first kappa shape index (κ1) is 18.5. The predicted molar refractivity (Wildman–Crippen MR) is 100 cm³/mol. The van der Waals surface area contributed by atoms with Crippen LogP contribution in [0.15, 0.2) is 12.1 Å². The molecule has 1 aromatic carbocycles. The van der Waals surface area contributed by atoms with Gasteiger partial charge in [-0.05, 0) is 23.0 Å². The minimum atomic E-state index is -0.295. The Bertz CT molecular complexity index is 832. The van der Waals surface area contributed by atoms with Crippen LogP contribution in [0.3, 0.4) is 0 Å². The summed E-state index contributed by atoms with van der Waals surface area (Å²) < 4.78 is 0. The van der Waals surface area contributed by atoms with Crippen LogP contribution in [0, 0.1) is 11.3 Å². The topological polar surface area (TPSA) is 122 Å². The van der Waals surface area contributed by atoms with Gasteiger partial charge in [0, 0.05) is 16.7 Å². The van der Waals surface area contributed by atoms with E-state index < -0.39 is 0 Å². The summed E-state index contributed by atoms with van der Waals surface area (Å²) in [7, 11) is 0. The maximum absolute atomic E-state index is 10.8. The third-order valence-corrected chi connectivity index (χ3v) is 4.07. The lowest BCUT2D eigenvalue weighted by atomic mass is 9.78. The Labute approximate surface area is 148 Å². The maximum atomic E-state index is 10.8. The number of rotatable bonds is 1. The molecular weight excluding hydrogens is 314 g/mol. The number of nitrogens with two attached hydrogens (primary N) is 2. The van der Waals surface area contributed by atoms with Crippen LogP contribution in [-0.2, 0) is 10.8 Å². The van der Waals surface area contributed by atoms with Crippen molar-refractivity contribution in [3.05, 3.63) is 28.8 Å².